The van der Waals surface area contributed by atoms with Gasteiger partial charge in [-0.3, -0.25) is 0 Å². The van der Waals surface area contributed by atoms with Gasteiger partial charge in [0.05, 0.1) is 0 Å². The zero-order valence-electron chi connectivity index (χ0n) is 14.2. The molecular formula is C18H27N5. The fourth-order valence-corrected chi connectivity index (χ4v) is 4.13. The van der Waals surface area contributed by atoms with Crippen molar-refractivity contribution in [1.82, 2.24) is 24.8 Å². The first-order chi connectivity index (χ1) is 11.2. The Kier molecular flexibility index (Phi) is 4.07. The van der Waals surface area contributed by atoms with Gasteiger partial charge in [0.15, 0.2) is 5.65 Å². The molecule has 0 aromatic carbocycles. The first kappa shape index (κ1) is 15.1. The molecule has 1 atom stereocenters. The third-order valence-electron chi connectivity index (χ3n) is 5.47. The number of aromatic nitrogens is 3. The molecule has 0 amide bonds. The highest BCUT2D eigenvalue weighted by Crippen LogP contribution is 2.34. The Morgan fingerprint density at radius 2 is 2.04 bits per heavy atom. The molecule has 0 saturated carbocycles. The van der Waals surface area contributed by atoms with Crippen molar-refractivity contribution in [2.24, 2.45) is 0 Å². The van der Waals surface area contributed by atoms with Gasteiger partial charge in [0, 0.05) is 30.7 Å². The number of nitrogens with zero attached hydrogens (tertiary/aromatic N) is 4. The molecule has 2 aromatic heterocycles. The average molecular weight is 313 g/mol. The van der Waals surface area contributed by atoms with E-state index in [0.29, 0.717) is 18.0 Å². The molecule has 4 heterocycles. The van der Waals surface area contributed by atoms with Crippen molar-refractivity contribution in [3.05, 3.63) is 24.2 Å². The lowest BCUT2D eigenvalue weighted by atomic mass is 10.0. The Balaban J connectivity index is 1.73. The molecule has 2 aliphatic rings. The molecule has 23 heavy (non-hydrogen) atoms. The Morgan fingerprint density at radius 3 is 2.78 bits per heavy atom. The molecule has 1 N–H and O–H groups in total. The highest BCUT2D eigenvalue weighted by Gasteiger charge is 2.32. The zero-order chi connectivity index (χ0) is 15.8. The summed E-state index contributed by atoms with van der Waals surface area (Å²) in [5.74, 6) is 1.82. The molecule has 0 spiro atoms. The maximum Gasteiger partial charge on any atom is 0.160 e. The van der Waals surface area contributed by atoms with E-state index in [4.69, 9.17) is 4.98 Å². The van der Waals surface area contributed by atoms with E-state index in [1.54, 1.807) is 0 Å². The van der Waals surface area contributed by atoms with Crippen molar-refractivity contribution in [3.63, 3.8) is 0 Å². The van der Waals surface area contributed by atoms with E-state index in [1.165, 1.54) is 31.6 Å². The first-order valence-corrected chi connectivity index (χ1v) is 9.01. The smallest absolute Gasteiger partial charge is 0.160 e. The summed E-state index contributed by atoms with van der Waals surface area (Å²) in [6.07, 6.45) is 5.47. The predicted molar refractivity (Wildman–Crippen MR) is 92.7 cm³/mol. The summed E-state index contributed by atoms with van der Waals surface area (Å²) >= 11 is 0. The van der Waals surface area contributed by atoms with Crippen LogP contribution in [0, 0.1) is 0 Å². The van der Waals surface area contributed by atoms with Crippen molar-refractivity contribution >= 4 is 11.2 Å². The monoisotopic (exact) mass is 313 g/mol. The molecule has 2 saturated heterocycles. The van der Waals surface area contributed by atoms with Crippen LogP contribution in [-0.2, 0) is 0 Å². The van der Waals surface area contributed by atoms with Crippen LogP contribution in [0.4, 0.5) is 0 Å². The second-order valence-electron chi connectivity index (χ2n) is 7.24. The molecule has 5 nitrogen and oxygen atoms in total. The van der Waals surface area contributed by atoms with Crippen LogP contribution in [0.3, 0.4) is 0 Å². The van der Waals surface area contributed by atoms with E-state index < -0.39 is 0 Å². The Bertz CT molecular complexity index is 671. The van der Waals surface area contributed by atoms with Gasteiger partial charge in [0.1, 0.15) is 11.3 Å². The van der Waals surface area contributed by atoms with Crippen LogP contribution < -0.4 is 5.32 Å². The molecule has 5 heteroatoms. The second kappa shape index (κ2) is 6.21. The fourth-order valence-electron chi connectivity index (χ4n) is 4.13. The number of fused-ring (bicyclic) bond motifs is 1. The maximum absolute atomic E-state index is 5.02. The number of hydrogen-bond donors (Lipinski definition) is 1. The maximum atomic E-state index is 5.02. The standard InChI is InChI=1S/C18H27N5/c1-13(2)22-11-7-14(12-22)17-21-16-4-3-8-20-18(16)23(17)15-5-9-19-10-6-15/h3-4,8,13-15,19H,5-7,9-12H2,1-2H3. The number of nitrogens with one attached hydrogen (secondary N) is 1. The highest BCUT2D eigenvalue weighted by atomic mass is 15.2. The van der Waals surface area contributed by atoms with Gasteiger partial charge in [-0.15, -0.1) is 0 Å². The van der Waals surface area contributed by atoms with Crippen LogP contribution in [0.1, 0.15) is 50.9 Å². The number of pyridine rings is 1. The fraction of sp³-hybridized carbons (Fsp3) is 0.667. The molecule has 0 radical (unpaired) electrons. The van der Waals surface area contributed by atoms with Gasteiger partial charge in [-0.05, 0) is 64.9 Å². The summed E-state index contributed by atoms with van der Waals surface area (Å²) in [6, 6.07) is 5.27. The molecular weight excluding hydrogens is 286 g/mol. The van der Waals surface area contributed by atoms with Gasteiger partial charge in [-0.25, -0.2) is 9.97 Å². The topological polar surface area (TPSA) is 46.0 Å². The lowest BCUT2D eigenvalue weighted by molar-refractivity contribution is 0.270. The molecule has 1 unspecified atom stereocenters. The van der Waals surface area contributed by atoms with Gasteiger partial charge in [0.2, 0.25) is 0 Å². The predicted octanol–water partition coefficient (Wildman–Crippen LogP) is 2.55. The molecule has 2 fully saturated rings. The second-order valence-corrected chi connectivity index (χ2v) is 7.24. The van der Waals surface area contributed by atoms with E-state index in [0.717, 1.165) is 30.8 Å². The van der Waals surface area contributed by atoms with E-state index in [1.807, 2.05) is 12.3 Å². The zero-order valence-corrected chi connectivity index (χ0v) is 14.2. The van der Waals surface area contributed by atoms with Crippen LogP contribution in [0.5, 0.6) is 0 Å². The molecule has 0 bridgehead atoms. The normalized spacial score (nSPS) is 24.0. The minimum absolute atomic E-state index is 0.541. The molecule has 0 aliphatic carbocycles. The molecule has 2 aromatic rings. The Hall–Kier alpha value is -1.46. The lowest BCUT2D eigenvalue weighted by Crippen LogP contribution is -2.31. The van der Waals surface area contributed by atoms with Crippen molar-refractivity contribution in [1.29, 1.82) is 0 Å². The minimum Gasteiger partial charge on any atom is -0.317 e. The van der Waals surface area contributed by atoms with Crippen LogP contribution in [0.15, 0.2) is 18.3 Å². The first-order valence-electron chi connectivity index (χ1n) is 9.01. The summed E-state index contributed by atoms with van der Waals surface area (Å²) in [4.78, 5) is 12.3. The van der Waals surface area contributed by atoms with E-state index in [-0.39, 0.29) is 0 Å². The largest absolute Gasteiger partial charge is 0.317 e. The van der Waals surface area contributed by atoms with Crippen LogP contribution >= 0.6 is 0 Å². The van der Waals surface area contributed by atoms with Crippen molar-refractivity contribution in [2.75, 3.05) is 26.2 Å². The van der Waals surface area contributed by atoms with Crippen LogP contribution in [0.2, 0.25) is 0 Å². The third kappa shape index (κ3) is 2.76. The quantitative estimate of drug-likeness (QED) is 0.946. The van der Waals surface area contributed by atoms with Crippen LogP contribution in [0.25, 0.3) is 11.2 Å². The van der Waals surface area contributed by atoms with Gasteiger partial charge in [0.25, 0.3) is 0 Å². The summed E-state index contributed by atoms with van der Waals surface area (Å²) in [5, 5.41) is 3.47. The number of imidazole rings is 1. The lowest BCUT2D eigenvalue weighted by Gasteiger charge is -2.27. The Labute approximate surface area is 138 Å². The molecule has 124 valence electrons. The highest BCUT2D eigenvalue weighted by molar-refractivity contribution is 5.71. The summed E-state index contributed by atoms with van der Waals surface area (Å²) in [7, 11) is 0. The van der Waals surface area contributed by atoms with Crippen molar-refractivity contribution in [2.45, 2.75) is 51.1 Å². The van der Waals surface area contributed by atoms with E-state index in [9.17, 15) is 0 Å². The third-order valence-corrected chi connectivity index (χ3v) is 5.47. The van der Waals surface area contributed by atoms with E-state index in [2.05, 4.69) is 39.7 Å². The summed E-state index contributed by atoms with van der Waals surface area (Å²) in [6.45, 7) is 9.09. The van der Waals surface area contributed by atoms with Crippen molar-refractivity contribution < 1.29 is 0 Å². The van der Waals surface area contributed by atoms with Gasteiger partial charge in [-0.1, -0.05) is 0 Å². The molecule has 2 aliphatic heterocycles. The Morgan fingerprint density at radius 1 is 1.22 bits per heavy atom. The number of likely N-dealkylation sites (tertiary alicyclic amines) is 1. The van der Waals surface area contributed by atoms with Gasteiger partial charge in [-0.2, -0.15) is 0 Å². The van der Waals surface area contributed by atoms with Crippen molar-refractivity contribution in [3.8, 4) is 0 Å². The van der Waals surface area contributed by atoms with E-state index >= 15 is 0 Å². The SMILES string of the molecule is CC(C)N1CCC(c2nc3cccnc3n2C2CCNCC2)C1. The van der Waals surface area contributed by atoms with Gasteiger partial charge < -0.3 is 14.8 Å². The average Bonchev–Trinajstić information content (AvgIpc) is 3.20. The summed E-state index contributed by atoms with van der Waals surface area (Å²) in [5.41, 5.74) is 2.14. The minimum atomic E-state index is 0.541. The number of hydrogen-bond acceptors (Lipinski definition) is 4. The summed E-state index contributed by atoms with van der Waals surface area (Å²) < 4.78 is 2.48. The van der Waals surface area contributed by atoms with Gasteiger partial charge >= 0.3 is 0 Å². The molecule has 4 rings (SSSR count). The number of rotatable bonds is 3. The number of piperidine rings is 1. The van der Waals surface area contributed by atoms with Crippen LogP contribution in [-0.4, -0.2) is 51.7 Å².